The number of carbonyl (C=O) groups is 2. The summed E-state index contributed by atoms with van der Waals surface area (Å²) in [5.74, 6) is -1.08. The van der Waals surface area contributed by atoms with E-state index >= 15 is 0 Å². The van der Waals surface area contributed by atoms with Crippen LogP contribution in [-0.2, 0) is 9.53 Å². The molecule has 1 heterocycles. The number of rotatable bonds is 5. The van der Waals surface area contributed by atoms with E-state index in [1.165, 1.54) is 12.3 Å². The van der Waals surface area contributed by atoms with Crippen molar-refractivity contribution in [2.75, 3.05) is 6.61 Å². The van der Waals surface area contributed by atoms with Gasteiger partial charge in [0.1, 0.15) is 10.7 Å². The minimum atomic E-state index is -0.907. The molecule has 0 saturated heterocycles. The maximum atomic E-state index is 11.8. The highest BCUT2D eigenvalue weighted by atomic mass is 35.5. The van der Waals surface area contributed by atoms with E-state index in [9.17, 15) is 9.59 Å². The van der Waals surface area contributed by atoms with Crippen LogP contribution in [-0.4, -0.2) is 29.0 Å². The van der Waals surface area contributed by atoms with Gasteiger partial charge in [0, 0.05) is 6.20 Å². The summed E-state index contributed by atoms with van der Waals surface area (Å²) in [6.07, 6.45) is 3.27. The first-order valence-corrected chi connectivity index (χ1v) is 6.84. The summed E-state index contributed by atoms with van der Waals surface area (Å²) in [5, 5.41) is 11.8. The van der Waals surface area contributed by atoms with Gasteiger partial charge in [-0.05, 0) is 37.8 Å². The zero-order valence-electron chi connectivity index (χ0n) is 11.4. The molecule has 0 unspecified atom stereocenters. The standard InChI is InChI=1S/C14H14ClN3O3/c1-14(8-16,9-4-5-9)18-11(19)7-21-13(20)10-3-2-6-17-12(10)15/h2-3,6,9H,4-5,7H2,1H3,(H,18,19)/t14-/m1/s1. The molecule has 110 valence electrons. The zero-order valence-corrected chi connectivity index (χ0v) is 12.2. The van der Waals surface area contributed by atoms with Crippen LogP contribution in [0.2, 0.25) is 5.15 Å². The number of hydrogen-bond donors (Lipinski definition) is 1. The number of nitrogens with one attached hydrogen (secondary N) is 1. The lowest BCUT2D eigenvalue weighted by molar-refractivity contribution is -0.125. The molecule has 0 aliphatic heterocycles. The molecular formula is C14H14ClN3O3. The molecule has 2 rings (SSSR count). The number of hydrogen-bond acceptors (Lipinski definition) is 5. The lowest BCUT2D eigenvalue weighted by atomic mass is 9.98. The van der Waals surface area contributed by atoms with Gasteiger partial charge in [-0.3, -0.25) is 4.79 Å². The Kier molecular flexibility index (Phi) is 4.43. The first-order chi connectivity index (χ1) is 9.96. The fourth-order valence-corrected chi connectivity index (χ4v) is 2.15. The van der Waals surface area contributed by atoms with E-state index in [2.05, 4.69) is 16.4 Å². The van der Waals surface area contributed by atoms with E-state index in [1.807, 2.05) is 0 Å². The molecule has 1 aliphatic rings. The van der Waals surface area contributed by atoms with Crippen LogP contribution in [0.1, 0.15) is 30.1 Å². The van der Waals surface area contributed by atoms with Gasteiger partial charge in [0.05, 0.1) is 11.6 Å². The molecule has 1 amide bonds. The van der Waals surface area contributed by atoms with Gasteiger partial charge in [0.25, 0.3) is 5.91 Å². The fraction of sp³-hybridized carbons (Fsp3) is 0.429. The summed E-state index contributed by atoms with van der Waals surface area (Å²) in [7, 11) is 0. The van der Waals surface area contributed by atoms with Crippen LogP contribution in [0.15, 0.2) is 18.3 Å². The molecule has 21 heavy (non-hydrogen) atoms. The van der Waals surface area contributed by atoms with Gasteiger partial charge >= 0.3 is 5.97 Å². The topological polar surface area (TPSA) is 92.1 Å². The van der Waals surface area contributed by atoms with E-state index in [-0.39, 0.29) is 16.6 Å². The summed E-state index contributed by atoms with van der Waals surface area (Å²) >= 11 is 5.76. The van der Waals surface area contributed by atoms with Crippen LogP contribution in [0.5, 0.6) is 0 Å². The number of pyridine rings is 1. The van der Waals surface area contributed by atoms with E-state index in [0.717, 1.165) is 12.8 Å². The number of aromatic nitrogens is 1. The molecular weight excluding hydrogens is 294 g/mol. The Morgan fingerprint density at radius 2 is 2.33 bits per heavy atom. The smallest absolute Gasteiger partial charge is 0.341 e. The van der Waals surface area contributed by atoms with Crippen molar-refractivity contribution < 1.29 is 14.3 Å². The second-order valence-corrected chi connectivity index (χ2v) is 5.41. The maximum Gasteiger partial charge on any atom is 0.341 e. The van der Waals surface area contributed by atoms with Crippen molar-refractivity contribution in [3.05, 3.63) is 29.0 Å². The number of ether oxygens (including phenoxy) is 1. The molecule has 1 saturated carbocycles. The first kappa shape index (κ1) is 15.3. The predicted molar refractivity (Wildman–Crippen MR) is 74.4 cm³/mol. The summed E-state index contributed by atoms with van der Waals surface area (Å²) in [5.41, 5.74) is -0.813. The molecule has 1 aromatic heterocycles. The number of nitrogens with zero attached hydrogens (tertiary/aromatic N) is 2. The van der Waals surface area contributed by atoms with Crippen molar-refractivity contribution in [1.82, 2.24) is 10.3 Å². The monoisotopic (exact) mass is 307 g/mol. The third-order valence-corrected chi connectivity index (χ3v) is 3.64. The Hall–Kier alpha value is -2.13. The molecule has 7 heteroatoms. The van der Waals surface area contributed by atoms with Gasteiger partial charge in [-0.2, -0.15) is 5.26 Å². The molecule has 0 spiro atoms. The third-order valence-electron chi connectivity index (χ3n) is 3.34. The van der Waals surface area contributed by atoms with Crippen LogP contribution in [0.4, 0.5) is 0 Å². The highest BCUT2D eigenvalue weighted by molar-refractivity contribution is 6.32. The molecule has 1 atom stereocenters. The fourth-order valence-electron chi connectivity index (χ4n) is 1.95. The Balaban J connectivity index is 1.88. The van der Waals surface area contributed by atoms with E-state index in [1.54, 1.807) is 13.0 Å². The quantitative estimate of drug-likeness (QED) is 0.660. The van der Waals surface area contributed by atoms with Crippen LogP contribution in [0.25, 0.3) is 0 Å². The number of amides is 1. The number of carbonyl (C=O) groups excluding carboxylic acids is 2. The van der Waals surface area contributed by atoms with Gasteiger partial charge in [0.2, 0.25) is 0 Å². The van der Waals surface area contributed by atoms with Crippen LogP contribution < -0.4 is 5.32 Å². The number of halogens is 1. The van der Waals surface area contributed by atoms with Gasteiger partial charge in [0.15, 0.2) is 6.61 Å². The Morgan fingerprint density at radius 3 is 2.90 bits per heavy atom. The van der Waals surface area contributed by atoms with E-state index < -0.39 is 24.0 Å². The minimum absolute atomic E-state index is 0.0164. The average molecular weight is 308 g/mol. The normalized spacial score (nSPS) is 16.4. The molecule has 1 aromatic rings. The highest BCUT2D eigenvalue weighted by Crippen LogP contribution is 2.39. The molecule has 1 N–H and O–H groups in total. The van der Waals surface area contributed by atoms with Gasteiger partial charge in [-0.1, -0.05) is 11.6 Å². The van der Waals surface area contributed by atoms with Gasteiger partial charge < -0.3 is 10.1 Å². The Labute approximate surface area is 127 Å². The van der Waals surface area contributed by atoms with Crippen molar-refractivity contribution in [1.29, 1.82) is 5.26 Å². The minimum Gasteiger partial charge on any atom is -0.452 e. The molecule has 0 bridgehead atoms. The largest absolute Gasteiger partial charge is 0.452 e. The van der Waals surface area contributed by atoms with Crippen molar-refractivity contribution in [3.8, 4) is 6.07 Å². The molecule has 0 aromatic carbocycles. The van der Waals surface area contributed by atoms with Crippen LogP contribution >= 0.6 is 11.6 Å². The molecule has 1 fully saturated rings. The van der Waals surface area contributed by atoms with Crippen molar-refractivity contribution in [2.45, 2.75) is 25.3 Å². The molecule has 1 aliphatic carbocycles. The Bertz CT molecular complexity index is 610. The summed E-state index contributed by atoms with van der Waals surface area (Å²) in [6, 6.07) is 5.10. The predicted octanol–water partition coefficient (Wildman–Crippen LogP) is 1.70. The molecule has 0 radical (unpaired) electrons. The van der Waals surface area contributed by atoms with Crippen molar-refractivity contribution in [2.24, 2.45) is 5.92 Å². The number of esters is 1. The van der Waals surface area contributed by atoms with Crippen LogP contribution in [0.3, 0.4) is 0 Å². The summed E-state index contributed by atoms with van der Waals surface area (Å²) in [6.45, 7) is 1.20. The summed E-state index contributed by atoms with van der Waals surface area (Å²) < 4.78 is 4.88. The van der Waals surface area contributed by atoms with E-state index in [4.69, 9.17) is 21.6 Å². The second-order valence-electron chi connectivity index (χ2n) is 5.05. The van der Waals surface area contributed by atoms with Gasteiger partial charge in [-0.25, -0.2) is 9.78 Å². The first-order valence-electron chi connectivity index (χ1n) is 6.46. The Morgan fingerprint density at radius 1 is 1.62 bits per heavy atom. The van der Waals surface area contributed by atoms with E-state index in [0.29, 0.717) is 0 Å². The average Bonchev–Trinajstić information content (AvgIpc) is 3.30. The molecule has 6 nitrogen and oxygen atoms in total. The SMILES string of the molecule is C[C@](C#N)(NC(=O)COC(=O)c1cccnc1Cl)C1CC1. The lowest BCUT2D eigenvalue weighted by Crippen LogP contribution is -2.48. The zero-order chi connectivity index (χ0) is 15.5. The summed E-state index contributed by atoms with van der Waals surface area (Å²) in [4.78, 5) is 27.3. The highest BCUT2D eigenvalue weighted by Gasteiger charge is 2.43. The third kappa shape index (κ3) is 3.70. The maximum absolute atomic E-state index is 11.8. The van der Waals surface area contributed by atoms with Crippen molar-refractivity contribution in [3.63, 3.8) is 0 Å². The van der Waals surface area contributed by atoms with Crippen LogP contribution in [0, 0.1) is 17.2 Å². The number of nitriles is 1. The van der Waals surface area contributed by atoms with Crippen molar-refractivity contribution >= 4 is 23.5 Å². The van der Waals surface area contributed by atoms with Gasteiger partial charge in [-0.15, -0.1) is 0 Å². The lowest BCUT2D eigenvalue weighted by Gasteiger charge is -2.22. The second kappa shape index (κ2) is 6.10.